The Hall–Kier alpha value is -3.26. The van der Waals surface area contributed by atoms with E-state index in [1.165, 1.54) is 11.0 Å². The summed E-state index contributed by atoms with van der Waals surface area (Å²) in [4.78, 5) is 29.9. The molecule has 7 nitrogen and oxygen atoms in total. The summed E-state index contributed by atoms with van der Waals surface area (Å²) in [5, 5.41) is 13.9. The molecule has 8 heteroatoms. The van der Waals surface area contributed by atoms with Crippen molar-refractivity contribution in [1.82, 2.24) is 5.32 Å². The highest BCUT2D eigenvalue weighted by atomic mass is 19.1. The van der Waals surface area contributed by atoms with Gasteiger partial charge in [-0.15, -0.1) is 0 Å². The van der Waals surface area contributed by atoms with Gasteiger partial charge in [0, 0.05) is 30.4 Å². The average Bonchev–Trinajstić information content (AvgIpc) is 2.78. The molecule has 0 aromatic heterocycles. The number of halogens is 1. The van der Waals surface area contributed by atoms with Crippen LogP contribution in [0.4, 0.5) is 20.6 Å². The van der Waals surface area contributed by atoms with E-state index in [1.807, 2.05) is 0 Å². The molecule has 1 aliphatic heterocycles. The Morgan fingerprint density at radius 2 is 2.04 bits per heavy atom. The van der Waals surface area contributed by atoms with E-state index in [1.54, 1.807) is 43.4 Å². The summed E-state index contributed by atoms with van der Waals surface area (Å²) in [5.74, 6) is -0.665. The van der Waals surface area contributed by atoms with Crippen LogP contribution in [0.5, 0.6) is 0 Å². The Morgan fingerprint density at radius 3 is 2.78 bits per heavy atom. The second-order valence-electron chi connectivity index (χ2n) is 5.93. The minimum absolute atomic E-state index is 0.103. The maximum atomic E-state index is 14.4. The summed E-state index contributed by atoms with van der Waals surface area (Å²) in [6.45, 7) is -0.154. The molecule has 0 fully saturated rings. The molecule has 0 aliphatic carbocycles. The third kappa shape index (κ3) is 3.95. The molecule has 0 saturated carbocycles. The molecule has 140 valence electrons. The second kappa shape index (κ2) is 7.96. The molecular weight excluding hydrogens is 351 g/mol. The maximum Gasteiger partial charge on any atom is 0.319 e. The van der Waals surface area contributed by atoms with E-state index >= 15 is 0 Å². The van der Waals surface area contributed by atoms with Crippen LogP contribution in [0.25, 0.3) is 0 Å². The number of nitrogens with zero attached hydrogens (tertiary/aromatic N) is 2. The van der Waals surface area contributed by atoms with Crippen molar-refractivity contribution in [3.8, 4) is 0 Å². The molecule has 2 aromatic carbocycles. The van der Waals surface area contributed by atoms with Crippen LogP contribution in [-0.4, -0.2) is 49.5 Å². The molecular formula is C19H19FN4O3. The number of amides is 3. The lowest BCUT2D eigenvalue weighted by atomic mass is 9.99. The third-order valence-electron chi connectivity index (χ3n) is 4.14. The predicted molar refractivity (Wildman–Crippen MR) is 101 cm³/mol. The number of nitrogens with one attached hydrogen (secondary N) is 2. The van der Waals surface area contributed by atoms with Crippen LogP contribution in [-0.2, 0) is 4.79 Å². The molecule has 0 bridgehead atoms. The summed E-state index contributed by atoms with van der Waals surface area (Å²) in [7, 11) is 1.63. The number of carbonyl (C=O) groups excluding carboxylic acids is 2. The molecule has 0 unspecified atom stereocenters. The Bertz CT molecular complexity index is 914. The number of anilines is 2. The summed E-state index contributed by atoms with van der Waals surface area (Å²) < 4.78 is 14.4. The molecule has 0 atom stereocenters. The largest absolute Gasteiger partial charge is 0.395 e. The lowest BCUT2D eigenvalue weighted by molar-refractivity contribution is -0.116. The van der Waals surface area contributed by atoms with Crippen molar-refractivity contribution < 1.29 is 19.1 Å². The van der Waals surface area contributed by atoms with Crippen molar-refractivity contribution in [2.45, 2.75) is 0 Å². The predicted octanol–water partition coefficient (Wildman–Crippen LogP) is 1.75. The molecule has 0 spiro atoms. The molecule has 0 saturated heterocycles. The Labute approximate surface area is 155 Å². The van der Waals surface area contributed by atoms with Crippen molar-refractivity contribution >= 4 is 29.0 Å². The number of aliphatic imine (C=N–C) groups is 1. The van der Waals surface area contributed by atoms with Crippen LogP contribution in [0.2, 0.25) is 0 Å². The number of rotatable bonds is 4. The van der Waals surface area contributed by atoms with E-state index in [-0.39, 0.29) is 31.2 Å². The van der Waals surface area contributed by atoms with Gasteiger partial charge in [-0.1, -0.05) is 12.1 Å². The first-order valence-electron chi connectivity index (χ1n) is 8.37. The molecule has 27 heavy (non-hydrogen) atoms. The number of fused-ring (bicyclic) bond motifs is 1. The molecule has 1 heterocycles. The zero-order chi connectivity index (χ0) is 19.4. The topological polar surface area (TPSA) is 94.0 Å². The van der Waals surface area contributed by atoms with Gasteiger partial charge in [-0.05, 0) is 30.3 Å². The molecule has 0 radical (unpaired) electrons. The van der Waals surface area contributed by atoms with Crippen LogP contribution < -0.4 is 15.5 Å². The average molecular weight is 370 g/mol. The number of hydrogen-bond donors (Lipinski definition) is 3. The number of benzene rings is 2. The number of carbonyl (C=O) groups is 2. The quantitative estimate of drug-likeness (QED) is 0.765. The van der Waals surface area contributed by atoms with Gasteiger partial charge in [-0.2, -0.15) is 0 Å². The van der Waals surface area contributed by atoms with E-state index in [0.29, 0.717) is 22.6 Å². The van der Waals surface area contributed by atoms with E-state index in [9.17, 15) is 14.0 Å². The standard InChI is InChI=1S/C19H19FN4O3/c1-24-16-7-6-12(23-19(27)21-8-9-25)10-14(16)18(22-11-17(24)26)13-4-2-3-5-15(13)20/h2-7,10,25H,8-9,11H2,1H3,(H2,21,23,27). The lowest BCUT2D eigenvalue weighted by Crippen LogP contribution is -2.31. The van der Waals surface area contributed by atoms with Gasteiger partial charge in [0.1, 0.15) is 12.4 Å². The van der Waals surface area contributed by atoms with Crippen molar-refractivity contribution in [2.75, 3.05) is 37.0 Å². The maximum absolute atomic E-state index is 14.4. The van der Waals surface area contributed by atoms with E-state index in [2.05, 4.69) is 15.6 Å². The van der Waals surface area contributed by atoms with Gasteiger partial charge in [-0.25, -0.2) is 9.18 Å². The van der Waals surface area contributed by atoms with Crippen LogP contribution in [0.3, 0.4) is 0 Å². The van der Waals surface area contributed by atoms with Crippen LogP contribution in [0, 0.1) is 5.82 Å². The molecule has 2 aromatic rings. The highest BCUT2D eigenvalue weighted by molar-refractivity contribution is 6.20. The fraction of sp³-hybridized carbons (Fsp3) is 0.211. The van der Waals surface area contributed by atoms with Crippen LogP contribution in [0.1, 0.15) is 11.1 Å². The highest BCUT2D eigenvalue weighted by Gasteiger charge is 2.24. The van der Waals surface area contributed by atoms with Gasteiger partial charge >= 0.3 is 6.03 Å². The van der Waals surface area contributed by atoms with Crippen molar-refractivity contribution in [3.63, 3.8) is 0 Å². The minimum Gasteiger partial charge on any atom is -0.395 e. The van der Waals surface area contributed by atoms with Gasteiger partial charge in [0.25, 0.3) is 0 Å². The Balaban J connectivity index is 2.04. The first kappa shape index (κ1) is 18.5. The zero-order valence-corrected chi connectivity index (χ0v) is 14.7. The van der Waals surface area contributed by atoms with Crippen molar-refractivity contribution in [3.05, 3.63) is 59.4 Å². The summed E-state index contributed by atoms with van der Waals surface area (Å²) in [6, 6.07) is 10.7. The number of likely N-dealkylation sites (N-methyl/N-ethyl adjacent to an activating group) is 1. The highest BCUT2D eigenvalue weighted by Crippen LogP contribution is 2.29. The second-order valence-corrected chi connectivity index (χ2v) is 5.93. The van der Waals surface area contributed by atoms with E-state index in [0.717, 1.165) is 0 Å². The normalized spacial score (nSPS) is 13.5. The van der Waals surface area contributed by atoms with Gasteiger partial charge in [-0.3, -0.25) is 9.79 Å². The zero-order valence-electron chi connectivity index (χ0n) is 14.7. The fourth-order valence-electron chi connectivity index (χ4n) is 2.80. The minimum atomic E-state index is -0.480. The lowest BCUT2D eigenvalue weighted by Gasteiger charge is -2.19. The number of aliphatic hydroxyl groups excluding tert-OH is 1. The number of urea groups is 1. The third-order valence-corrected chi connectivity index (χ3v) is 4.14. The van der Waals surface area contributed by atoms with Gasteiger partial charge < -0.3 is 20.6 Å². The fourth-order valence-corrected chi connectivity index (χ4v) is 2.80. The SMILES string of the molecule is CN1C(=O)CN=C(c2ccccc2F)c2cc(NC(=O)NCCO)ccc21. The monoisotopic (exact) mass is 370 g/mol. The van der Waals surface area contributed by atoms with E-state index < -0.39 is 11.8 Å². The molecule has 3 N–H and O–H groups in total. The smallest absolute Gasteiger partial charge is 0.319 e. The molecule has 1 aliphatic rings. The molecule has 3 amide bonds. The number of hydrogen-bond acceptors (Lipinski definition) is 4. The first-order valence-corrected chi connectivity index (χ1v) is 8.37. The summed E-state index contributed by atoms with van der Waals surface area (Å²) in [5.41, 5.74) is 2.19. The van der Waals surface area contributed by atoms with Crippen molar-refractivity contribution in [1.29, 1.82) is 0 Å². The van der Waals surface area contributed by atoms with Crippen LogP contribution in [0.15, 0.2) is 47.5 Å². The molecule has 3 rings (SSSR count). The Kier molecular flexibility index (Phi) is 5.46. The van der Waals surface area contributed by atoms with Crippen LogP contribution >= 0.6 is 0 Å². The van der Waals surface area contributed by atoms with Crippen molar-refractivity contribution in [2.24, 2.45) is 4.99 Å². The van der Waals surface area contributed by atoms with Gasteiger partial charge in [0.15, 0.2) is 0 Å². The summed E-state index contributed by atoms with van der Waals surface area (Å²) >= 11 is 0. The van der Waals surface area contributed by atoms with E-state index in [4.69, 9.17) is 5.11 Å². The van der Waals surface area contributed by atoms with Gasteiger partial charge in [0.05, 0.1) is 18.0 Å². The summed E-state index contributed by atoms with van der Waals surface area (Å²) in [6.07, 6.45) is 0. The van der Waals surface area contributed by atoms with Gasteiger partial charge in [0.2, 0.25) is 5.91 Å². The Morgan fingerprint density at radius 1 is 1.26 bits per heavy atom. The first-order chi connectivity index (χ1) is 13.0. The number of aliphatic hydroxyl groups is 1. The number of benzodiazepines with no additional fused rings is 1.